The third-order valence-corrected chi connectivity index (χ3v) is 4.88. The Morgan fingerprint density at radius 2 is 1.84 bits per heavy atom. The fourth-order valence-electron chi connectivity index (χ4n) is 3.87. The number of nitrogens with zero attached hydrogens (tertiary/aromatic N) is 1. The minimum absolute atomic E-state index is 0.640. The Kier molecular flexibility index (Phi) is 3.64. The Balaban J connectivity index is 1.96. The largest absolute Gasteiger partial charge is 0.319 e. The summed E-state index contributed by atoms with van der Waals surface area (Å²) in [5.74, 6) is 0.769. The number of nitrogens with one attached hydrogen (secondary N) is 1. The molecule has 2 nitrogen and oxygen atoms in total. The number of likely N-dealkylation sites (tertiary alicyclic amines) is 1. The molecule has 2 heteroatoms. The van der Waals surface area contributed by atoms with Gasteiger partial charge in [0, 0.05) is 12.1 Å². The molecule has 1 N–H and O–H groups in total. The fraction of sp³-hybridized carbons (Fsp3) is 0.647. The summed E-state index contributed by atoms with van der Waals surface area (Å²) in [6.07, 6.45) is 4.16. The molecule has 1 aromatic carbocycles. The van der Waals surface area contributed by atoms with Crippen molar-refractivity contribution < 1.29 is 0 Å². The van der Waals surface area contributed by atoms with Crippen molar-refractivity contribution in [3.8, 4) is 0 Å². The highest BCUT2D eigenvalue weighted by Gasteiger charge is 2.43. The summed E-state index contributed by atoms with van der Waals surface area (Å²) in [7, 11) is 2.08. The quantitative estimate of drug-likeness (QED) is 0.893. The molecule has 2 aliphatic rings. The van der Waals surface area contributed by atoms with Crippen LogP contribution in [0.3, 0.4) is 0 Å². The molecule has 0 amide bonds. The topological polar surface area (TPSA) is 15.3 Å². The molecule has 19 heavy (non-hydrogen) atoms. The van der Waals surface area contributed by atoms with Gasteiger partial charge in [-0.05, 0) is 75.9 Å². The van der Waals surface area contributed by atoms with E-state index in [-0.39, 0.29) is 0 Å². The Bertz CT molecular complexity index is 430. The molecule has 3 rings (SSSR count). The first-order valence-electron chi connectivity index (χ1n) is 7.69. The van der Waals surface area contributed by atoms with Crippen LogP contribution in [-0.2, 0) is 0 Å². The normalized spacial score (nSPS) is 27.9. The first-order valence-corrected chi connectivity index (χ1v) is 7.69. The Labute approximate surface area is 117 Å². The zero-order valence-electron chi connectivity index (χ0n) is 12.4. The van der Waals surface area contributed by atoms with Gasteiger partial charge in [0.1, 0.15) is 0 Å². The van der Waals surface area contributed by atoms with Crippen LogP contribution in [0.2, 0.25) is 0 Å². The minimum atomic E-state index is 0.640. The second-order valence-corrected chi connectivity index (χ2v) is 6.33. The van der Waals surface area contributed by atoms with Crippen LogP contribution in [0.15, 0.2) is 18.2 Å². The van der Waals surface area contributed by atoms with E-state index in [2.05, 4.69) is 49.3 Å². The summed E-state index contributed by atoms with van der Waals surface area (Å²) >= 11 is 0. The minimum Gasteiger partial charge on any atom is -0.319 e. The van der Waals surface area contributed by atoms with E-state index in [0.29, 0.717) is 6.04 Å². The van der Waals surface area contributed by atoms with Crippen molar-refractivity contribution in [3.05, 3.63) is 34.9 Å². The van der Waals surface area contributed by atoms with Crippen molar-refractivity contribution in [3.63, 3.8) is 0 Å². The van der Waals surface area contributed by atoms with E-state index in [1.165, 1.54) is 36.9 Å². The molecule has 1 heterocycles. The van der Waals surface area contributed by atoms with E-state index < -0.39 is 0 Å². The predicted molar refractivity (Wildman–Crippen MR) is 80.4 cm³/mol. The van der Waals surface area contributed by atoms with Crippen LogP contribution in [0.4, 0.5) is 0 Å². The zero-order valence-corrected chi connectivity index (χ0v) is 12.4. The lowest BCUT2D eigenvalue weighted by Gasteiger charge is -2.31. The van der Waals surface area contributed by atoms with E-state index in [0.717, 1.165) is 18.5 Å². The predicted octanol–water partition coefficient (Wildman–Crippen LogP) is 3.05. The van der Waals surface area contributed by atoms with Crippen molar-refractivity contribution in [2.24, 2.45) is 5.92 Å². The average molecular weight is 258 g/mol. The first kappa shape index (κ1) is 13.1. The smallest absolute Gasteiger partial charge is 0.0397 e. The van der Waals surface area contributed by atoms with E-state index in [1.807, 2.05) is 0 Å². The maximum absolute atomic E-state index is 3.40. The summed E-state index contributed by atoms with van der Waals surface area (Å²) in [6, 6.07) is 8.26. The van der Waals surface area contributed by atoms with E-state index in [9.17, 15) is 0 Å². The van der Waals surface area contributed by atoms with Gasteiger partial charge in [-0.1, -0.05) is 18.2 Å². The Hall–Kier alpha value is -0.860. The van der Waals surface area contributed by atoms with Gasteiger partial charge in [-0.2, -0.15) is 0 Å². The van der Waals surface area contributed by atoms with Gasteiger partial charge in [0.15, 0.2) is 0 Å². The van der Waals surface area contributed by atoms with Gasteiger partial charge >= 0.3 is 0 Å². The third-order valence-electron chi connectivity index (χ3n) is 4.88. The second kappa shape index (κ2) is 5.26. The molecule has 1 aromatic rings. The maximum Gasteiger partial charge on any atom is 0.0397 e. The number of rotatable bonds is 4. The molecule has 1 saturated carbocycles. The molecule has 0 radical (unpaired) electrons. The SMILES string of the molecule is CNCC1CCN(C2CC2)C1c1c(C)cccc1C. The summed E-state index contributed by atoms with van der Waals surface area (Å²) in [5.41, 5.74) is 4.55. The molecular formula is C17H26N2. The van der Waals surface area contributed by atoms with Crippen LogP contribution in [0.5, 0.6) is 0 Å². The number of hydrogen-bond donors (Lipinski definition) is 1. The van der Waals surface area contributed by atoms with Gasteiger partial charge in [0.25, 0.3) is 0 Å². The van der Waals surface area contributed by atoms with Gasteiger partial charge in [0.2, 0.25) is 0 Å². The highest BCUT2D eigenvalue weighted by Crippen LogP contribution is 2.45. The number of hydrogen-bond acceptors (Lipinski definition) is 2. The average Bonchev–Trinajstić information content (AvgIpc) is 3.14. The summed E-state index contributed by atoms with van der Waals surface area (Å²) < 4.78 is 0. The van der Waals surface area contributed by atoms with E-state index in [4.69, 9.17) is 0 Å². The number of benzene rings is 1. The van der Waals surface area contributed by atoms with Crippen LogP contribution in [-0.4, -0.2) is 31.1 Å². The third kappa shape index (κ3) is 2.44. The molecule has 2 fully saturated rings. The lowest BCUT2D eigenvalue weighted by Crippen LogP contribution is -2.31. The van der Waals surface area contributed by atoms with Crippen molar-refractivity contribution >= 4 is 0 Å². The summed E-state index contributed by atoms with van der Waals surface area (Å²) in [4.78, 5) is 2.79. The highest BCUT2D eigenvalue weighted by atomic mass is 15.2. The molecule has 2 unspecified atom stereocenters. The number of aryl methyl sites for hydroxylation is 2. The van der Waals surface area contributed by atoms with Crippen LogP contribution in [0.1, 0.15) is 42.0 Å². The molecular weight excluding hydrogens is 232 g/mol. The zero-order chi connectivity index (χ0) is 13.4. The highest BCUT2D eigenvalue weighted by molar-refractivity contribution is 5.37. The Morgan fingerprint density at radius 1 is 1.16 bits per heavy atom. The standard InChI is InChI=1S/C17H26N2/c1-12-5-4-6-13(2)16(12)17-14(11-18-3)9-10-19(17)15-7-8-15/h4-6,14-15,17-18H,7-11H2,1-3H3. The molecule has 1 saturated heterocycles. The molecule has 1 aliphatic carbocycles. The maximum atomic E-state index is 3.40. The molecule has 1 aliphatic heterocycles. The van der Waals surface area contributed by atoms with Crippen molar-refractivity contribution in [1.29, 1.82) is 0 Å². The Morgan fingerprint density at radius 3 is 2.42 bits per heavy atom. The molecule has 0 spiro atoms. The van der Waals surface area contributed by atoms with E-state index in [1.54, 1.807) is 5.56 Å². The second-order valence-electron chi connectivity index (χ2n) is 6.33. The molecule has 0 bridgehead atoms. The van der Waals surface area contributed by atoms with Crippen LogP contribution in [0.25, 0.3) is 0 Å². The van der Waals surface area contributed by atoms with Crippen molar-refractivity contribution in [2.75, 3.05) is 20.1 Å². The van der Waals surface area contributed by atoms with Gasteiger partial charge in [-0.3, -0.25) is 4.90 Å². The van der Waals surface area contributed by atoms with Crippen molar-refractivity contribution in [1.82, 2.24) is 10.2 Å². The lowest BCUT2D eigenvalue weighted by atomic mass is 9.88. The molecule has 2 atom stereocenters. The van der Waals surface area contributed by atoms with Crippen molar-refractivity contribution in [2.45, 2.75) is 45.2 Å². The summed E-state index contributed by atoms with van der Waals surface area (Å²) in [5, 5.41) is 3.40. The van der Waals surface area contributed by atoms with Crippen LogP contribution in [0, 0.1) is 19.8 Å². The first-order chi connectivity index (χ1) is 9.22. The fourth-order valence-corrected chi connectivity index (χ4v) is 3.87. The van der Waals surface area contributed by atoms with Gasteiger partial charge < -0.3 is 5.32 Å². The van der Waals surface area contributed by atoms with Gasteiger partial charge in [-0.15, -0.1) is 0 Å². The van der Waals surface area contributed by atoms with Crippen LogP contribution < -0.4 is 5.32 Å². The summed E-state index contributed by atoms with van der Waals surface area (Å²) in [6.45, 7) is 6.99. The molecule has 0 aromatic heterocycles. The van der Waals surface area contributed by atoms with Gasteiger partial charge in [0.05, 0.1) is 0 Å². The monoisotopic (exact) mass is 258 g/mol. The van der Waals surface area contributed by atoms with Gasteiger partial charge in [-0.25, -0.2) is 0 Å². The molecule has 104 valence electrons. The lowest BCUT2D eigenvalue weighted by molar-refractivity contribution is 0.216. The van der Waals surface area contributed by atoms with E-state index >= 15 is 0 Å². The van der Waals surface area contributed by atoms with Crippen LogP contribution >= 0.6 is 0 Å².